The molecular formula is C23H21ClN4O4S. The lowest BCUT2D eigenvalue weighted by Gasteiger charge is -2.20. The number of thioether (sulfide) groups is 1. The van der Waals surface area contributed by atoms with Crippen LogP contribution in [0.25, 0.3) is 6.08 Å². The number of benzene rings is 2. The number of hydrazone groups is 1. The average Bonchev–Trinajstić information content (AvgIpc) is 3.17. The fourth-order valence-electron chi connectivity index (χ4n) is 3.12. The molecule has 2 aromatic rings. The van der Waals surface area contributed by atoms with Crippen LogP contribution in [0.15, 0.2) is 58.1 Å². The van der Waals surface area contributed by atoms with Crippen molar-refractivity contribution in [2.45, 2.75) is 13.8 Å². The Morgan fingerprint density at radius 1 is 1.09 bits per heavy atom. The van der Waals surface area contributed by atoms with Crippen LogP contribution in [0.4, 0.5) is 0 Å². The van der Waals surface area contributed by atoms with E-state index in [1.807, 2.05) is 19.1 Å². The van der Waals surface area contributed by atoms with E-state index in [-0.39, 0.29) is 18.0 Å². The van der Waals surface area contributed by atoms with E-state index in [0.29, 0.717) is 46.2 Å². The van der Waals surface area contributed by atoms with Crippen LogP contribution < -0.4 is 14.2 Å². The third kappa shape index (κ3) is 5.20. The lowest BCUT2D eigenvalue weighted by Crippen LogP contribution is -2.35. The van der Waals surface area contributed by atoms with Gasteiger partial charge in [0.2, 0.25) is 5.17 Å². The highest BCUT2D eigenvalue weighted by Gasteiger charge is 2.34. The summed E-state index contributed by atoms with van der Waals surface area (Å²) in [5.41, 5.74) is 0.833. The predicted octanol–water partition coefficient (Wildman–Crippen LogP) is 4.84. The van der Waals surface area contributed by atoms with Gasteiger partial charge in [0.1, 0.15) is 19.0 Å². The number of amidine groups is 2. The summed E-state index contributed by atoms with van der Waals surface area (Å²) in [7, 11) is 0. The number of carbonyl (C=O) groups excluding carboxylic acids is 1. The molecule has 0 unspecified atom stereocenters. The molecule has 0 atom stereocenters. The van der Waals surface area contributed by atoms with Crippen molar-refractivity contribution in [1.82, 2.24) is 5.01 Å². The molecule has 0 saturated heterocycles. The topological polar surface area (TPSA) is 96.6 Å². The summed E-state index contributed by atoms with van der Waals surface area (Å²) in [6, 6.07) is 12.5. The van der Waals surface area contributed by atoms with Crippen molar-refractivity contribution < 1.29 is 19.0 Å². The second kappa shape index (κ2) is 10.1. The van der Waals surface area contributed by atoms with E-state index < -0.39 is 5.91 Å². The van der Waals surface area contributed by atoms with Gasteiger partial charge >= 0.3 is 0 Å². The van der Waals surface area contributed by atoms with Gasteiger partial charge in [-0.2, -0.15) is 15.1 Å². The Kier molecular flexibility index (Phi) is 7.00. The molecule has 1 N–H and O–H groups in total. The van der Waals surface area contributed by atoms with Gasteiger partial charge in [-0.1, -0.05) is 29.8 Å². The van der Waals surface area contributed by atoms with Crippen molar-refractivity contribution in [3.05, 3.63) is 58.6 Å². The summed E-state index contributed by atoms with van der Waals surface area (Å²) >= 11 is 7.36. The second-order valence-corrected chi connectivity index (χ2v) is 8.47. The van der Waals surface area contributed by atoms with Crippen LogP contribution in [-0.4, -0.2) is 46.8 Å². The number of nitrogens with one attached hydrogen (secondary N) is 1. The number of fused-ring (bicyclic) bond motifs is 1. The monoisotopic (exact) mass is 484 g/mol. The van der Waals surface area contributed by atoms with E-state index in [4.69, 9.17) is 31.2 Å². The van der Waals surface area contributed by atoms with Crippen molar-refractivity contribution in [3.63, 3.8) is 0 Å². The van der Waals surface area contributed by atoms with Crippen LogP contribution in [0.2, 0.25) is 5.02 Å². The summed E-state index contributed by atoms with van der Waals surface area (Å²) < 4.78 is 17.2. The molecule has 2 aromatic carbocycles. The van der Waals surface area contributed by atoms with E-state index in [9.17, 15) is 4.79 Å². The highest BCUT2D eigenvalue weighted by Crippen LogP contribution is 2.32. The fraction of sp³-hybridized carbons (Fsp3) is 0.217. The van der Waals surface area contributed by atoms with Crippen LogP contribution in [0.1, 0.15) is 19.4 Å². The van der Waals surface area contributed by atoms with Crippen molar-refractivity contribution >= 4 is 51.4 Å². The van der Waals surface area contributed by atoms with Gasteiger partial charge in [0.05, 0.1) is 22.2 Å². The largest absolute Gasteiger partial charge is 0.490 e. The molecule has 0 spiro atoms. The molecule has 2 aliphatic rings. The average molecular weight is 485 g/mol. The maximum absolute atomic E-state index is 12.5. The Morgan fingerprint density at radius 3 is 2.61 bits per heavy atom. The molecule has 0 radical (unpaired) electrons. The summed E-state index contributed by atoms with van der Waals surface area (Å²) in [5.74, 6) is 1.18. The molecule has 0 fully saturated rings. The highest BCUT2D eigenvalue weighted by molar-refractivity contribution is 8.26. The van der Waals surface area contributed by atoms with Gasteiger partial charge in [0.25, 0.3) is 5.91 Å². The molecule has 0 aliphatic carbocycles. The number of amides is 1. The minimum absolute atomic E-state index is 0.00985. The maximum Gasteiger partial charge on any atom is 0.283 e. The Bertz CT molecular complexity index is 1190. The number of hydrogen-bond donors (Lipinski definition) is 1. The van der Waals surface area contributed by atoms with Gasteiger partial charge in [0.15, 0.2) is 17.3 Å². The molecule has 33 heavy (non-hydrogen) atoms. The number of rotatable bonds is 8. The van der Waals surface area contributed by atoms with Gasteiger partial charge in [-0.15, -0.1) is 0 Å². The number of carbonyl (C=O) groups is 1. The maximum atomic E-state index is 12.5. The molecule has 0 saturated carbocycles. The highest BCUT2D eigenvalue weighted by atomic mass is 35.5. The fourth-order valence-corrected chi connectivity index (χ4v) is 4.05. The first-order chi connectivity index (χ1) is 16.0. The first kappa shape index (κ1) is 22.9. The zero-order chi connectivity index (χ0) is 23.4. The van der Waals surface area contributed by atoms with Gasteiger partial charge in [-0.05, 0) is 61.5 Å². The molecule has 4 rings (SSSR count). The molecule has 2 heterocycles. The van der Waals surface area contributed by atoms with Crippen molar-refractivity contribution in [1.29, 1.82) is 5.41 Å². The van der Waals surface area contributed by atoms with Crippen molar-refractivity contribution in [2.24, 2.45) is 10.1 Å². The first-order valence-electron chi connectivity index (χ1n) is 10.2. The second-order valence-electron chi connectivity index (χ2n) is 6.91. The summed E-state index contributed by atoms with van der Waals surface area (Å²) in [5, 5.41) is 15.7. The van der Waals surface area contributed by atoms with Crippen molar-refractivity contribution in [2.75, 3.05) is 19.8 Å². The van der Waals surface area contributed by atoms with Crippen LogP contribution in [0, 0.1) is 5.41 Å². The third-order valence-electron chi connectivity index (χ3n) is 4.57. The SMILES string of the molecule is CCOc1cc(/C=C2/C(=N)N3N=C(C)SC3=NC2=O)ccc1OCCOc1ccccc1Cl. The van der Waals surface area contributed by atoms with Gasteiger partial charge in [-0.3, -0.25) is 10.2 Å². The Labute approximate surface area is 200 Å². The minimum atomic E-state index is -0.473. The predicted molar refractivity (Wildman–Crippen MR) is 131 cm³/mol. The molecule has 0 aromatic heterocycles. The van der Waals surface area contributed by atoms with Gasteiger partial charge in [-0.25, -0.2) is 0 Å². The van der Waals surface area contributed by atoms with E-state index >= 15 is 0 Å². The van der Waals surface area contributed by atoms with Crippen LogP contribution >= 0.6 is 23.4 Å². The normalized spacial score (nSPS) is 16.5. The van der Waals surface area contributed by atoms with E-state index in [0.717, 1.165) is 5.04 Å². The number of aliphatic imine (C=N–C) groups is 1. The quantitative estimate of drug-likeness (QED) is 0.425. The summed E-state index contributed by atoms with van der Waals surface area (Å²) in [6.45, 7) is 4.71. The molecular weight excluding hydrogens is 464 g/mol. The number of para-hydroxylation sites is 1. The molecule has 1 amide bonds. The molecule has 10 heteroatoms. The van der Waals surface area contributed by atoms with E-state index in [2.05, 4.69) is 10.1 Å². The number of ether oxygens (including phenoxy) is 3. The third-order valence-corrected chi connectivity index (χ3v) is 5.71. The van der Waals surface area contributed by atoms with Crippen LogP contribution in [0.5, 0.6) is 17.2 Å². The van der Waals surface area contributed by atoms with E-state index in [1.165, 1.54) is 16.8 Å². The standard InChI is InChI=1S/C23H21ClN4O4S/c1-3-30-20-13-15(12-16-21(25)28-23(26-22(16)29)33-14(2)27-28)8-9-19(20)32-11-10-31-18-7-5-4-6-17(18)24/h4-9,12-13,25H,3,10-11H2,1-2H3/b16-12-,25-21?. The summed E-state index contributed by atoms with van der Waals surface area (Å²) in [4.78, 5) is 16.5. The molecule has 2 aliphatic heterocycles. The molecule has 170 valence electrons. The van der Waals surface area contributed by atoms with Gasteiger partial charge < -0.3 is 14.2 Å². The lowest BCUT2D eigenvalue weighted by molar-refractivity contribution is -0.114. The smallest absolute Gasteiger partial charge is 0.283 e. The summed E-state index contributed by atoms with van der Waals surface area (Å²) in [6.07, 6.45) is 1.60. The zero-order valence-electron chi connectivity index (χ0n) is 18.0. The van der Waals surface area contributed by atoms with Gasteiger partial charge in [0, 0.05) is 0 Å². The number of halogens is 1. The minimum Gasteiger partial charge on any atom is -0.490 e. The number of hydrogen-bond acceptors (Lipinski definition) is 7. The lowest BCUT2D eigenvalue weighted by atomic mass is 10.1. The first-order valence-corrected chi connectivity index (χ1v) is 11.4. The zero-order valence-corrected chi connectivity index (χ0v) is 19.6. The Balaban J connectivity index is 1.47. The van der Waals surface area contributed by atoms with Crippen LogP contribution in [0.3, 0.4) is 0 Å². The Morgan fingerprint density at radius 2 is 1.85 bits per heavy atom. The van der Waals surface area contributed by atoms with Crippen LogP contribution in [-0.2, 0) is 4.79 Å². The van der Waals surface area contributed by atoms with Crippen molar-refractivity contribution in [3.8, 4) is 17.2 Å². The number of nitrogens with zero attached hydrogens (tertiary/aromatic N) is 3. The van der Waals surface area contributed by atoms with E-state index in [1.54, 1.807) is 43.3 Å². The Hall–Kier alpha value is -3.30. The molecule has 0 bridgehead atoms. The molecule has 8 nitrogen and oxygen atoms in total.